The van der Waals surface area contributed by atoms with E-state index in [2.05, 4.69) is 20.5 Å². The lowest BCUT2D eigenvalue weighted by Crippen LogP contribution is -2.39. The fraction of sp³-hybridized carbons (Fsp3) is 0.150. The van der Waals surface area contributed by atoms with Crippen LogP contribution in [0.25, 0.3) is 11.2 Å². The molecular weight excluding hydrogens is 370 g/mol. The van der Waals surface area contributed by atoms with Crippen LogP contribution in [0.3, 0.4) is 0 Å². The average molecular weight is 389 g/mol. The number of pyridine rings is 1. The van der Waals surface area contributed by atoms with Crippen molar-refractivity contribution in [3.63, 3.8) is 0 Å². The van der Waals surface area contributed by atoms with Crippen LogP contribution in [0.4, 0.5) is 5.95 Å². The predicted molar refractivity (Wildman–Crippen MR) is 111 cm³/mol. The van der Waals surface area contributed by atoms with Crippen molar-refractivity contribution < 1.29 is 0 Å². The van der Waals surface area contributed by atoms with Gasteiger partial charge in [-0.3, -0.25) is 18.9 Å². The summed E-state index contributed by atoms with van der Waals surface area (Å²) in [6.45, 7) is 0.189. The van der Waals surface area contributed by atoms with Gasteiger partial charge in [-0.25, -0.2) is 10.2 Å². The van der Waals surface area contributed by atoms with Crippen molar-refractivity contribution in [3.8, 4) is 0 Å². The van der Waals surface area contributed by atoms with Crippen molar-refractivity contribution in [1.29, 1.82) is 0 Å². The van der Waals surface area contributed by atoms with E-state index in [0.29, 0.717) is 22.8 Å². The van der Waals surface area contributed by atoms with E-state index in [4.69, 9.17) is 0 Å². The van der Waals surface area contributed by atoms with E-state index in [-0.39, 0.29) is 6.54 Å². The maximum Gasteiger partial charge on any atom is 0.332 e. The summed E-state index contributed by atoms with van der Waals surface area (Å²) in [6.07, 6.45) is 3.22. The number of aryl methyl sites for hydroxylation is 2. The van der Waals surface area contributed by atoms with Gasteiger partial charge in [0.1, 0.15) is 0 Å². The van der Waals surface area contributed by atoms with Gasteiger partial charge in [-0.15, -0.1) is 0 Å². The van der Waals surface area contributed by atoms with Gasteiger partial charge in [-0.2, -0.15) is 10.1 Å². The van der Waals surface area contributed by atoms with Gasteiger partial charge in [-0.1, -0.05) is 36.4 Å². The van der Waals surface area contributed by atoms with Crippen molar-refractivity contribution in [2.45, 2.75) is 6.54 Å². The number of hydrazone groups is 1. The third-order valence-corrected chi connectivity index (χ3v) is 4.59. The molecule has 1 N–H and O–H groups in total. The van der Waals surface area contributed by atoms with Gasteiger partial charge in [0, 0.05) is 20.3 Å². The standard InChI is InChI=1S/C20H19N7O2/c1-25-16-17(23-19(25)24-22-12-15-10-6-7-11-21-15)26(2)20(29)27(18(16)28)13-14-8-4-3-5-9-14/h3-12H,13H2,1-2H3,(H,23,24)/b22-12+. The lowest BCUT2D eigenvalue weighted by atomic mass is 10.2. The smallest absolute Gasteiger partial charge is 0.306 e. The summed E-state index contributed by atoms with van der Waals surface area (Å²) in [5.41, 5.74) is 4.15. The summed E-state index contributed by atoms with van der Waals surface area (Å²) in [6, 6.07) is 14.9. The third-order valence-electron chi connectivity index (χ3n) is 4.59. The number of rotatable bonds is 5. The van der Waals surface area contributed by atoms with E-state index in [1.165, 1.54) is 9.13 Å². The highest BCUT2D eigenvalue weighted by atomic mass is 16.2. The topological polar surface area (TPSA) is 99.1 Å². The fourth-order valence-corrected chi connectivity index (χ4v) is 3.06. The molecule has 0 bridgehead atoms. The molecule has 9 heteroatoms. The first kappa shape index (κ1) is 18.4. The molecule has 0 saturated carbocycles. The monoisotopic (exact) mass is 389 g/mol. The first-order valence-electron chi connectivity index (χ1n) is 8.96. The Balaban J connectivity index is 1.74. The molecule has 9 nitrogen and oxygen atoms in total. The second-order valence-electron chi connectivity index (χ2n) is 6.51. The quantitative estimate of drug-likeness (QED) is 0.410. The maximum atomic E-state index is 13.0. The molecule has 0 aliphatic rings. The first-order chi connectivity index (χ1) is 14.1. The van der Waals surface area contributed by atoms with Crippen LogP contribution in [0, 0.1) is 0 Å². The van der Waals surface area contributed by atoms with E-state index >= 15 is 0 Å². The van der Waals surface area contributed by atoms with Crippen LogP contribution in [0.5, 0.6) is 0 Å². The Bertz CT molecular complexity index is 1300. The van der Waals surface area contributed by atoms with Gasteiger partial charge in [0.05, 0.1) is 18.5 Å². The lowest BCUT2D eigenvalue weighted by Gasteiger charge is -2.08. The number of hydrogen-bond acceptors (Lipinski definition) is 6. The number of imidazole rings is 1. The first-order valence-corrected chi connectivity index (χ1v) is 8.96. The van der Waals surface area contributed by atoms with Crippen LogP contribution < -0.4 is 16.7 Å². The summed E-state index contributed by atoms with van der Waals surface area (Å²) >= 11 is 0. The predicted octanol–water partition coefficient (Wildman–Crippen LogP) is 1.32. The number of nitrogens with one attached hydrogen (secondary N) is 1. The van der Waals surface area contributed by atoms with Gasteiger partial charge in [-0.05, 0) is 17.7 Å². The number of aromatic nitrogens is 5. The average Bonchev–Trinajstić information content (AvgIpc) is 3.08. The minimum Gasteiger partial charge on any atom is -0.306 e. The number of benzene rings is 1. The highest BCUT2D eigenvalue weighted by Gasteiger charge is 2.18. The van der Waals surface area contributed by atoms with E-state index in [0.717, 1.165) is 5.56 Å². The van der Waals surface area contributed by atoms with Crippen LogP contribution in [0.1, 0.15) is 11.3 Å². The SMILES string of the molecule is Cn1c(N/N=C/c2ccccn2)nc2c1c(=O)n(Cc1ccccc1)c(=O)n2C. The molecule has 1 aromatic carbocycles. The van der Waals surface area contributed by atoms with Gasteiger partial charge in [0.15, 0.2) is 11.2 Å². The molecule has 0 unspecified atom stereocenters. The summed E-state index contributed by atoms with van der Waals surface area (Å²) in [5.74, 6) is 0.344. The van der Waals surface area contributed by atoms with Crippen LogP contribution in [-0.4, -0.2) is 29.9 Å². The molecule has 0 fully saturated rings. The molecule has 0 spiro atoms. The summed E-state index contributed by atoms with van der Waals surface area (Å²) in [7, 11) is 3.30. The largest absolute Gasteiger partial charge is 0.332 e. The Kier molecular flexibility index (Phi) is 4.78. The van der Waals surface area contributed by atoms with Crippen LogP contribution >= 0.6 is 0 Å². The molecule has 146 valence electrons. The summed E-state index contributed by atoms with van der Waals surface area (Å²) in [5, 5.41) is 4.12. The van der Waals surface area contributed by atoms with Gasteiger partial charge in [0.2, 0.25) is 5.95 Å². The van der Waals surface area contributed by atoms with Gasteiger partial charge < -0.3 is 4.57 Å². The van der Waals surface area contributed by atoms with E-state index < -0.39 is 11.2 Å². The zero-order chi connectivity index (χ0) is 20.4. The van der Waals surface area contributed by atoms with E-state index in [1.54, 1.807) is 31.1 Å². The Hall–Kier alpha value is -4.01. The van der Waals surface area contributed by atoms with Crippen molar-refractivity contribution >= 4 is 23.3 Å². The number of nitrogens with zero attached hydrogens (tertiary/aromatic N) is 6. The van der Waals surface area contributed by atoms with E-state index in [1.807, 2.05) is 48.5 Å². The number of hydrogen-bond donors (Lipinski definition) is 1. The third kappa shape index (κ3) is 3.45. The maximum absolute atomic E-state index is 13.0. The van der Waals surface area contributed by atoms with E-state index in [9.17, 15) is 9.59 Å². The van der Waals surface area contributed by atoms with Gasteiger partial charge in [0.25, 0.3) is 5.56 Å². The second kappa shape index (κ2) is 7.55. The normalized spacial score (nSPS) is 11.4. The number of fused-ring (bicyclic) bond motifs is 1. The molecule has 0 aliphatic heterocycles. The molecule has 29 heavy (non-hydrogen) atoms. The minimum absolute atomic E-state index is 0.189. The zero-order valence-electron chi connectivity index (χ0n) is 16.0. The zero-order valence-corrected chi connectivity index (χ0v) is 16.0. The summed E-state index contributed by atoms with van der Waals surface area (Å²) < 4.78 is 4.17. The lowest BCUT2D eigenvalue weighted by molar-refractivity contribution is 0.655. The van der Waals surface area contributed by atoms with Crippen LogP contribution in [-0.2, 0) is 20.6 Å². The molecule has 4 aromatic rings. The fourth-order valence-electron chi connectivity index (χ4n) is 3.06. The summed E-state index contributed by atoms with van der Waals surface area (Å²) in [4.78, 5) is 34.3. The highest BCUT2D eigenvalue weighted by molar-refractivity contribution is 5.78. The molecule has 0 aliphatic carbocycles. The van der Waals surface area contributed by atoms with Crippen LogP contribution in [0.15, 0.2) is 69.4 Å². The Morgan fingerprint density at radius 3 is 2.52 bits per heavy atom. The van der Waals surface area contributed by atoms with Crippen molar-refractivity contribution in [3.05, 3.63) is 86.8 Å². The molecular formula is C20H19N7O2. The molecule has 0 saturated heterocycles. The van der Waals surface area contributed by atoms with Gasteiger partial charge >= 0.3 is 5.69 Å². The molecule has 3 aromatic heterocycles. The molecule has 0 amide bonds. The van der Waals surface area contributed by atoms with Crippen molar-refractivity contribution in [1.82, 2.24) is 23.7 Å². The molecule has 4 rings (SSSR count). The highest BCUT2D eigenvalue weighted by Crippen LogP contribution is 2.13. The van der Waals surface area contributed by atoms with Crippen molar-refractivity contribution in [2.75, 3.05) is 5.43 Å². The van der Waals surface area contributed by atoms with Crippen LogP contribution in [0.2, 0.25) is 0 Å². The Morgan fingerprint density at radius 2 is 1.79 bits per heavy atom. The Morgan fingerprint density at radius 1 is 1.03 bits per heavy atom. The minimum atomic E-state index is -0.423. The molecule has 0 atom stereocenters. The Labute approximate surface area is 165 Å². The molecule has 0 radical (unpaired) electrons. The van der Waals surface area contributed by atoms with Crippen molar-refractivity contribution in [2.24, 2.45) is 19.2 Å². The second-order valence-corrected chi connectivity index (χ2v) is 6.51. The number of anilines is 1. The molecule has 3 heterocycles.